The van der Waals surface area contributed by atoms with Crippen LogP contribution >= 0.6 is 0 Å². The average Bonchev–Trinajstić information content (AvgIpc) is 3.19. The molecule has 2 amide bonds. The second-order valence-corrected chi connectivity index (χ2v) is 6.70. The van der Waals surface area contributed by atoms with Crippen LogP contribution in [0.1, 0.15) is 24.5 Å². The predicted molar refractivity (Wildman–Crippen MR) is 120 cm³/mol. The highest BCUT2D eigenvalue weighted by Crippen LogP contribution is 2.20. The van der Waals surface area contributed by atoms with E-state index in [2.05, 4.69) is 15.6 Å². The van der Waals surface area contributed by atoms with Gasteiger partial charge < -0.3 is 20.4 Å². The quantitative estimate of drug-likeness (QED) is 0.499. The molecule has 0 fully saturated rings. The van der Waals surface area contributed by atoms with Crippen LogP contribution in [-0.2, 0) is 9.59 Å². The van der Waals surface area contributed by atoms with E-state index in [0.29, 0.717) is 6.54 Å². The number of hydrogen-bond donors (Lipinski definition) is 3. The van der Waals surface area contributed by atoms with E-state index in [4.69, 9.17) is 4.74 Å². The Kier molecular flexibility index (Phi) is 7.05. The molecule has 0 aliphatic rings. The van der Waals surface area contributed by atoms with E-state index >= 15 is 0 Å². The summed E-state index contributed by atoms with van der Waals surface area (Å²) in [6.45, 7) is 2.50. The van der Waals surface area contributed by atoms with Crippen LogP contribution in [0.4, 0.5) is 0 Å². The van der Waals surface area contributed by atoms with E-state index in [1.165, 1.54) is 6.08 Å². The van der Waals surface area contributed by atoms with Crippen molar-refractivity contribution >= 4 is 34.9 Å². The molecule has 0 radical (unpaired) electrons. The number of carbonyl (C=O) groups excluding carboxylic acids is 2. The Bertz CT molecular complexity index is 1080. The van der Waals surface area contributed by atoms with Gasteiger partial charge in [-0.25, -0.2) is 0 Å². The molecule has 0 atom stereocenters. The summed E-state index contributed by atoms with van der Waals surface area (Å²) in [6.07, 6.45) is 7.39. The minimum Gasteiger partial charge on any atom is -0.497 e. The summed E-state index contributed by atoms with van der Waals surface area (Å²) in [6, 6.07) is 15.1. The smallest absolute Gasteiger partial charge is 0.267 e. The summed E-state index contributed by atoms with van der Waals surface area (Å²) in [5.41, 5.74) is 2.83. The fourth-order valence-electron chi connectivity index (χ4n) is 2.92. The molecule has 6 heteroatoms. The number of benzene rings is 2. The first kappa shape index (κ1) is 20.9. The van der Waals surface area contributed by atoms with E-state index < -0.39 is 0 Å². The van der Waals surface area contributed by atoms with Crippen molar-refractivity contribution in [3.05, 3.63) is 77.6 Å². The van der Waals surface area contributed by atoms with Gasteiger partial charge in [-0.1, -0.05) is 37.3 Å². The number of rotatable bonds is 8. The standard InChI is InChI=1S/C24H25N3O3/c1-3-14-25-24(29)22(15-18-16-26-21-7-5-4-6-20(18)21)27-23(28)13-10-17-8-11-19(30-2)12-9-17/h4-13,15-16,26H,3,14H2,1-2H3,(H,25,29)(H,27,28)/b13-10+,22-15-. The highest BCUT2D eigenvalue weighted by Gasteiger charge is 2.13. The van der Waals surface area contributed by atoms with Crippen LogP contribution in [0.25, 0.3) is 23.1 Å². The molecule has 0 saturated carbocycles. The fraction of sp³-hybridized carbons (Fsp3) is 0.167. The van der Waals surface area contributed by atoms with Gasteiger partial charge in [-0.05, 0) is 42.3 Å². The normalized spacial score (nSPS) is 11.6. The third kappa shape index (κ3) is 5.38. The molecule has 0 aliphatic carbocycles. The molecule has 3 rings (SSSR count). The second kappa shape index (κ2) is 10.1. The van der Waals surface area contributed by atoms with Crippen molar-refractivity contribution in [3.63, 3.8) is 0 Å². The van der Waals surface area contributed by atoms with Crippen molar-refractivity contribution in [1.82, 2.24) is 15.6 Å². The fourth-order valence-corrected chi connectivity index (χ4v) is 2.92. The summed E-state index contributed by atoms with van der Waals surface area (Å²) in [5.74, 6) is 0.0324. The van der Waals surface area contributed by atoms with Crippen molar-refractivity contribution in [1.29, 1.82) is 0 Å². The lowest BCUT2D eigenvalue weighted by molar-refractivity contribution is -0.121. The number of aromatic nitrogens is 1. The third-order valence-corrected chi connectivity index (χ3v) is 4.50. The molecule has 3 aromatic rings. The Labute approximate surface area is 175 Å². The zero-order chi connectivity index (χ0) is 21.3. The van der Waals surface area contributed by atoms with Gasteiger partial charge in [0.1, 0.15) is 11.4 Å². The Hall–Kier alpha value is -3.80. The van der Waals surface area contributed by atoms with Gasteiger partial charge in [0.2, 0.25) is 5.91 Å². The number of carbonyl (C=O) groups is 2. The maximum absolute atomic E-state index is 12.6. The van der Waals surface area contributed by atoms with E-state index in [-0.39, 0.29) is 17.5 Å². The summed E-state index contributed by atoms with van der Waals surface area (Å²) in [7, 11) is 1.60. The largest absolute Gasteiger partial charge is 0.497 e. The first-order chi connectivity index (χ1) is 14.6. The first-order valence-electron chi connectivity index (χ1n) is 9.80. The Morgan fingerprint density at radius 2 is 1.87 bits per heavy atom. The van der Waals surface area contributed by atoms with Crippen LogP contribution < -0.4 is 15.4 Å². The molecule has 0 spiro atoms. The lowest BCUT2D eigenvalue weighted by atomic mass is 10.1. The van der Waals surface area contributed by atoms with Gasteiger partial charge in [-0.2, -0.15) is 0 Å². The summed E-state index contributed by atoms with van der Waals surface area (Å²) < 4.78 is 5.13. The number of fused-ring (bicyclic) bond motifs is 1. The molecule has 6 nitrogen and oxygen atoms in total. The topological polar surface area (TPSA) is 83.2 Å². The highest BCUT2D eigenvalue weighted by molar-refractivity contribution is 6.05. The van der Waals surface area contributed by atoms with Crippen LogP contribution in [0.3, 0.4) is 0 Å². The third-order valence-electron chi connectivity index (χ3n) is 4.50. The molecule has 154 valence electrons. The predicted octanol–water partition coefficient (Wildman–Crippen LogP) is 3.87. The van der Waals surface area contributed by atoms with Crippen LogP contribution in [-0.4, -0.2) is 30.5 Å². The van der Waals surface area contributed by atoms with Crippen LogP contribution in [0.2, 0.25) is 0 Å². The van der Waals surface area contributed by atoms with Crippen LogP contribution in [0, 0.1) is 0 Å². The molecule has 3 N–H and O–H groups in total. The number of methoxy groups -OCH3 is 1. The number of amides is 2. The first-order valence-corrected chi connectivity index (χ1v) is 9.80. The number of aromatic amines is 1. The van der Waals surface area contributed by atoms with Crippen molar-refractivity contribution in [2.75, 3.05) is 13.7 Å². The Morgan fingerprint density at radius 3 is 2.60 bits per heavy atom. The van der Waals surface area contributed by atoms with Gasteiger partial charge in [-0.15, -0.1) is 0 Å². The molecule has 0 unspecified atom stereocenters. The van der Waals surface area contributed by atoms with Crippen LogP contribution in [0.5, 0.6) is 5.75 Å². The monoisotopic (exact) mass is 403 g/mol. The number of ether oxygens (including phenoxy) is 1. The zero-order valence-electron chi connectivity index (χ0n) is 17.1. The van der Waals surface area contributed by atoms with E-state index in [9.17, 15) is 9.59 Å². The highest BCUT2D eigenvalue weighted by atomic mass is 16.5. The molecular weight excluding hydrogens is 378 g/mol. The number of para-hydroxylation sites is 1. The average molecular weight is 403 g/mol. The lowest BCUT2D eigenvalue weighted by Gasteiger charge is -2.09. The Balaban J connectivity index is 1.80. The summed E-state index contributed by atoms with van der Waals surface area (Å²) in [5, 5.41) is 6.49. The molecule has 2 aromatic carbocycles. The maximum Gasteiger partial charge on any atom is 0.267 e. The van der Waals surface area contributed by atoms with Gasteiger partial charge in [0.05, 0.1) is 7.11 Å². The zero-order valence-corrected chi connectivity index (χ0v) is 17.1. The van der Waals surface area contributed by atoms with Gasteiger partial charge in [0, 0.05) is 35.3 Å². The molecular formula is C24H25N3O3. The number of H-pyrrole nitrogens is 1. The van der Waals surface area contributed by atoms with Gasteiger partial charge in [0.25, 0.3) is 5.91 Å². The lowest BCUT2D eigenvalue weighted by Crippen LogP contribution is -2.34. The van der Waals surface area contributed by atoms with Crippen molar-refractivity contribution in [3.8, 4) is 5.75 Å². The number of hydrogen-bond acceptors (Lipinski definition) is 3. The number of nitrogens with one attached hydrogen (secondary N) is 3. The molecule has 1 heterocycles. The van der Waals surface area contributed by atoms with Gasteiger partial charge >= 0.3 is 0 Å². The van der Waals surface area contributed by atoms with Crippen molar-refractivity contribution < 1.29 is 14.3 Å². The minimum absolute atomic E-state index is 0.192. The second-order valence-electron chi connectivity index (χ2n) is 6.70. The molecule has 30 heavy (non-hydrogen) atoms. The maximum atomic E-state index is 12.6. The van der Waals surface area contributed by atoms with E-state index in [1.54, 1.807) is 19.3 Å². The van der Waals surface area contributed by atoms with E-state index in [1.807, 2.05) is 61.7 Å². The summed E-state index contributed by atoms with van der Waals surface area (Å²) in [4.78, 5) is 28.2. The summed E-state index contributed by atoms with van der Waals surface area (Å²) >= 11 is 0. The molecule has 0 aliphatic heterocycles. The molecule has 1 aromatic heterocycles. The van der Waals surface area contributed by atoms with Gasteiger partial charge in [0.15, 0.2) is 0 Å². The molecule has 0 saturated heterocycles. The van der Waals surface area contributed by atoms with Crippen molar-refractivity contribution in [2.45, 2.75) is 13.3 Å². The van der Waals surface area contributed by atoms with Crippen LogP contribution in [0.15, 0.2) is 66.5 Å². The Morgan fingerprint density at radius 1 is 1.10 bits per heavy atom. The SMILES string of the molecule is CCCNC(=O)/C(=C/c1c[nH]c2ccccc12)NC(=O)/C=C/c1ccc(OC)cc1. The minimum atomic E-state index is -0.386. The van der Waals surface area contributed by atoms with Gasteiger partial charge in [-0.3, -0.25) is 9.59 Å². The molecule has 0 bridgehead atoms. The van der Waals surface area contributed by atoms with E-state index in [0.717, 1.165) is 34.2 Å². The van der Waals surface area contributed by atoms with Crippen molar-refractivity contribution in [2.24, 2.45) is 0 Å².